The third-order valence-corrected chi connectivity index (χ3v) is 8.09. The van der Waals surface area contributed by atoms with Gasteiger partial charge in [-0.25, -0.2) is 32.1 Å². The number of hydrogen-bond acceptors (Lipinski definition) is 7. The maximum Gasteiger partial charge on any atom is 0.416 e. The number of amides is 2. The molecule has 2 amide bonds. The zero-order valence-corrected chi connectivity index (χ0v) is 22.2. The van der Waals surface area contributed by atoms with Gasteiger partial charge < -0.3 is 4.74 Å². The van der Waals surface area contributed by atoms with E-state index in [0.29, 0.717) is 11.5 Å². The lowest BCUT2D eigenvalue weighted by Crippen LogP contribution is -2.47. The van der Waals surface area contributed by atoms with Gasteiger partial charge in [0.25, 0.3) is 15.9 Å². The van der Waals surface area contributed by atoms with Crippen LogP contribution in [0.4, 0.5) is 29.6 Å². The minimum Gasteiger partial charge on any atom is -0.446 e. The molecule has 0 saturated carbocycles. The largest absolute Gasteiger partial charge is 0.446 e. The molecule has 14 heteroatoms. The van der Waals surface area contributed by atoms with Crippen molar-refractivity contribution in [1.82, 2.24) is 13.9 Å². The van der Waals surface area contributed by atoms with E-state index in [1.807, 2.05) is 6.92 Å². The van der Waals surface area contributed by atoms with Crippen LogP contribution in [0.3, 0.4) is 0 Å². The van der Waals surface area contributed by atoms with E-state index < -0.39 is 46.4 Å². The molecule has 0 N–H and O–H groups in total. The molecule has 1 unspecified atom stereocenters. The molecule has 208 valence electrons. The molecule has 4 heterocycles. The molecular weight excluding hydrogens is 551 g/mol. The second-order valence-electron chi connectivity index (χ2n) is 9.23. The third kappa shape index (κ3) is 4.74. The number of carbonyl (C=O) groups excluding carboxylic acids is 2. The van der Waals surface area contributed by atoms with Gasteiger partial charge in [-0.1, -0.05) is 17.7 Å². The average Bonchev–Trinajstić information content (AvgIpc) is 3.50. The van der Waals surface area contributed by atoms with Crippen LogP contribution in [0.15, 0.2) is 65.7 Å². The second-order valence-corrected chi connectivity index (χ2v) is 11.0. The summed E-state index contributed by atoms with van der Waals surface area (Å²) in [6.07, 6.45) is -4.37. The number of rotatable bonds is 5. The van der Waals surface area contributed by atoms with E-state index in [9.17, 15) is 31.2 Å². The van der Waals surface area contributed by atoms with Gasteiger partial charge in [-0.3, -0.25) is 9.69 Å². The SMILES string of the molecule is Cc1ccc(S(=O)(=O)n2ccc3ccc(N(C)C(=O)C4COC(=O)N4c4cc(C(F)(F)F)cc(C)n4)nc32)cc1. The molecule has 3 aromatic heterocycles. The first-order chi connectivity index (χ1) is 18.8. The summed E-state index contributed by atoms with van der Waals surface area (Å²) in [6.45, 7) is 2.73. The highest BCUT2D eigenvalue weighted by Crippen LogP contribution is 2.33. The van der Waals surface area contributed by atoms with Gasteiger partial charge in [0.05, 0.1) is 10.5 Å². The molecule has 1 fully saturated rings. The van der Waals surface area contributed by atoms with Gasteiger partial charge in [0, 0.05) is 24.3 Å². The number of likely N-dealkylation sites (N-methyl/N-ethyl adjacent to an activating group) is 1. The van der Waals surface area contributed by atoms with Gasteiger partial charge in [0.15, 0.2) is 11.7 Å². The van der Waals surface area contributed by atoms with E-state index in [1.54, 1.807) is 24.3 Å². The Morgan fingerprint density at radius 3 is 2.42 bits per heavy atom. The Labute approximate surface area is 226 Å². The van der Waals surface area contributed by atoms with Crippen LogP contribution in [0.1, 0.15) is 16.8 Å². The second kappa shape index (κ2) is 9.62. The Bertz CT molecular complexity index is 1750. The number of aromatic nitrogens is 3. The quantitative estimate of drug-likeness (QED) is 0.350. The number of cyclic esters (lactones) is 1. The van der Waals surface area contributed by atoms with Crippen molar-refractivity contribution in [2.75, 3.05) is 23.5 Å². The first-order valence-corrected chi connectivity index (χ1v) is 13.3. The van der Waals surface area contributed by atoms with Crippen LogP contribution in [-0.2, 0) is 25.7 Å². The summed E-state index contributed by atoms with van der Waals surface area (Å²) in [4.78, 5) is 36.3. The van der Waals surface area contributed by atoms with Crippen LogP contribution in [0, 0.1) is 13.8 Å². The summed E-state index contributed by atoms with van der Waals surface area (Å²) < 4.78 is 72.8. The molecule has 1 aliphatic heterocycles. The Balaban J connectivity index is 1.49. The number of ether oxygens (including phenoxy) is 1. The Hall–Kier alpha value is -4.46. The molecule has 1 saturated heterocycles. The van der Waals surface area contributed by atoms with Crippen molar-refractivity contribution >= 4 is 44.7 Å². The predicted molar refractivity (Wildman–Crippen MR) is 138 cm³/mol. The zero-order chi connectivity index (χ0) is 29.0. The summed E-state index contributed by atoms with van der Waals surface area (Å²) in [5.74, 6) is -1.07. The summed E-state index contributed by atoms with van der Waals surface area (Å²) in [6, 6.07) is 11.1. The average molecular weight is 574 g/mol. The highest BCUT2D eigenvalue weighted by Gasteiger charge is 2.43. The number of hydrogen-bond donors (Lipinski definition) is 0. The molecule has 40 heavy (non-hydrogen) atoms. The van der Waals surface area contributed by atoms with E-state index in [2.05, 4.69) is 9.97 Å². The Morgan fingerprint density at radius 1 is 1.05 bits per heavy atom. The summed E-state index contributed by atoms with van der Waals surface area (Å²) in [5, 5.41) is 0.491. The molecule has 1 aromatic carbocycles. The Kier molecular flexibility index (Phi) is 6.53. The summed E-state index contributed by atoms with van der Waals surface area (Å²) >= 11 is 0. The van der Waals surface area contributed by atoms with Gasteiger partial charge in [0.1, 0.15) is 18.2 Å². The molecule has 4 aromatic rings. The van der Waals surface area contributed by atoms with E-state index in [0.717, 1.165) is 25.4 Å². The first-order valence-electron chi connectivity index (χ1n) is 11.9. The molecule has 5 rings (SSSR count). The van der Waals surface area contributed by atoms with Crippen LogP contribution in [0.25, 0.3) is 11.0 Å². The normalized spacial score (nSPS) is 15.9. The molecule has 0 aliphatic carbocycles. The fourth-order valence-corrected chi connectivity index (χ4v) is 5.61. The summed E-state index contributed by atoms with van der Waals surface area (Å²) in [7, 11) is -2.66. The maximum atomic E-state index is 13.5. The molecule has 0 bridgehead atoms. The van der Waals surface area contributed by atoms with Gasteiger partial charge in [-0.15, -0.1) is 0 Å². The van der Waals surface area contributed by atoms with Gasteiger partial charge in [-0.2, -0.15) is 13.2 Å². The maximum absolute atomic E-state index is 13.5. The number of pyridine rings is 2. The number of carbonyl (C=O) groups is 2. The lowest BCUT2D eigenvalue weighted by Gasteiger charge is -2.25. The molecule has 1 aliphatic rings. The lowest BCUT2D eigenvalue weighted by atomic mass is 10.2. The first kappa shape index (κ1) is 27.1. The van der Waals surface area contributed by atoms with E-state index in [1.165, 1.54) is 38.4 Å². The van der Waals surface area contributed by atoms with E-state index in [4.69, 9.17) is 4.74 Å². The highest BCUT2D eigenvalue weighted by atomic mass is 32.2. The van der Waals surface area contributed by atoms with Crippen molar-refractivity contribution in [3.8, 4) is 0 Å². The van der Waals surface area contributed by atoms with Crippen LogP contribution in [-0.4, -0.2) is 54.1 Å². The van der Waals surface area contributed by atoms with E-state index >= 15 is 0 Å². The van der Waals surface area contributed by atoms with Crippen molar-refractivity contribution in [2.24, 2.45) is 0 Å². The fourth-order valence-electron chi connectivity index (χ4n) is 4.31. The fraction of sp³-hybridized carbons (Fsp3) is 0.231. The molecule has 10 nitrogen and oxygen atoms in total. The highest BCUT2D eigenvalue weighted by molar-refractivity contribution is 7.90. The Morgan fingerprint density at radius 2 is 1.75 bits per heavy atom. The number of benzene rings is 1. The number of nitrogens with zero attached hydrogens (tertiary/aromatic N) is 5. The number of aryl methyl sites for hydroxylation is 2. The number of halogens is 3. The van der Waals surface area contributed by atoms with Crippen molar-refractivity contribution in [3.63, 3.8) is 0 Å². The number of alkyl halides is 3. The summed E-state index contributed by atoms with van der Waals surface area (Å²) in [5.41, 5.74) is -0.0945. The van der Waals surface area contributed by atoms with Crippen LogP contribution in [0.2, 0.25) is 0 Å². The van der Waals surface area contributed by atoms with Crippen molar-refractivity contribution in [2.45, 2.75) is 31.0 Å². The van der Waals surface area contributed by atoms with Gasteiger partial charge >= 0.3 is 12.3 Å². The minimum absolute atomic E-state index is 0.00764. The zero-order valence-electron chi connectivity index (χ0n) is 21.4. The lowest BCUT2D eigenvalue weighted by molar-refractivity contribution is -0.137. The topological polar surface area (TPSA) is 115 Å². The monoisotopic (exact) mass is 573 g/mol. The molecular formula is C26H22F3N5O5S. The number of anilines is 2. The van der Waals surface area contributed by atoms with Crippen LogP contribution < -0.4 is 9.80 Å². The van der Waals surface area contributed by atoms with Crippen molar-refractivity contribution in [3.05, 3.63) is 77.6 Å². The molecule has 0 spiro atoms. The smallest absolute Gasteiger partial charge is 0.416 e. The van der Waals surface area contributed by atoms with Gasteiger partial charge in [0.2, 0.25) is 0 Å². The van der Waals surface area contributed by atoms with Crippen molar-refractivity contribution in [1.29, 1.82) is 0 Å². The van der Waals surface area contributed by atoms with E-state index in [-0.39, 0.29) is 27.9 Å². The molecule has 0 radical (unpaired) electrons. The minimum atomic E-state index is -4.70. The molecule has 1 atom stereocenters. The number of fused-ring (bicyclic) bond motifs is 1. The predicted octanol–water partition coefficient (Wildman–Crippen LogP) is 4.29. The standard InChI is InChI=1S/C26H22F3N5O5S/c1-15-4-7-19(8-5-15)40(37,38)33-11-10-17-6-9-21(31-23(17)33)32(3)24(35)20-14-39-25(36)34(20)22-13-18(26(27,28)29)12-16(2)30-22/h4-13,20H,14H2,1-3H3. The van der Waals surface area contributed by atoms with Crippen molar-refractivity contribution < 1.29 is 35.9 Å². The van der Waals surface area contributed by atoms with Crippen LogP contribution in [0.5, 0.6) is 0 Å². The van der Waals surface area contributed by atoms with Gasteiger partial charge in [-0.05, 0) is 56.3 Å². The van der Waals surface area contributed by atoms with Crippen LogP contribution >= 0.6 is 0 Å². The third-order valence-electron chi connectivity index (χ3n) is 6.41.